The lowest BCUT2D eigenvalue weighted by Crippen LogP contribution is -2.30. The van der Waals surface area contributed by atoms with Crippen molar-refractivity contribution in [3.8, 4) is 11.5 Å². The summed E-state index contributed by atoms with van der Waals surface area (Å²) in [6.07, 6.45) is 2.84. The fraction of sp³-hybridized carbons (Fsp3) is 0.192. The van der Waals surface area contributed by atoms with Crippen molar-refractivity contribution in [2.24, 2.45) is 0 Å². The Morgan fingerprint density at radius 1 is 1.09 bits per heavy atom. The van der Waals surface area contributed by atoms with Gasteiger partial charge in [-0.05, 0) is 54.0 Å². The number of nitrogens with one attached hydrogen (secondary N) is 2. The Kier molecular flexibility index (Phi) is 7.47. The van der Waals surface area contributed by atoms with E-state index in [1.54, 1.807) is 7.11 Å². The molecular weight excluding hydrogens is 456 g/mol. The molecule has 7 heteroatoms. The summed E-state index contributed by atoms with van der Waals surface area (Å²) in [5, 5.41) is 6.96. The van der Waals surface area contributed by atoms with Crippen molar-refractivity contribution in [1.82, 2.24) is 5.32 Å². The van der Waals surface area contributed by atoms with Crippen molar-refractivity contribution in [2.45, 2.75) is 25.4 Å². The van der Waals surface area contributed by atoms with Crippen LogP contribution in [0.5, 0.6) is 11.5 Å². The lowest BCUT2D eigenvalue weighted by atomic mass is 10.1. The quantitative estimate of drug-likeness (QED) is 0.382. The van der Waals surface area contributed by atoms with Crippen LogP contribution >= 0.6 is 23.4 Å². The van der Waals surface area contributed by atoms with E-state index in [1.165, 1.54) is 17.3 Å². The van der Waals surface area contributed by atoms with Gasteiger partial charge in [0.1, 0.15) is 6.61 Å². The topological polar surface area (TPSA) is 59.6 Å². The van der Waals surface area contributed by atoms with Crippen LogP contribution in [0.15, 0.2) is 71.6 Å². The number of rotatable bonds is 8. The molecule has 0 aromatic heterocycles. The molecule has 1 atom stereocenters. The van der Waals surface area contributed by atoms with E-state index in [0.29, 0.717) is 28.0 Å². The molecule has 1 aliphatic heterocycles. The van der Waals surface area contributed by atoms with E-state index >= 15 is 0 Å². The van der Waals surface area contributed by atoms with Gasteiger partial charge in [0.25, 0.3) is 5.91 Å². The second kappa shape index (κ2) is 10.7. The molecule has 3 aromatic carbocycles. The summed E-state index contributed by atoms with van der Waals surface area (Å²) in [6, 6.07) is 21.4. The molecule has 4 rings (SSSR count). The van der Waals surface area contributed by atoms with Gasteiger partial charge in [-0.3, -0.25) is 4.79 Å². The monoisotopic (exact) mass is 480 g/mol. The van der Waals surface area contributed by atoms with E-state index in [9.17, 15) is 4.79 Å². The fourth-order valence-corrected chi connectivity index (χ4v) is 4.54. The highest BCUT2D eigenvalue weighted by atomic mass is 35.5. The maximum absolute atomic E-state index is 12.5. The molecule has 3 aromatic rings. The van der Waals surface area contributed by atoms with Crippen LogP contribution < -0.4 is 20.1 Å². The first-order chi connectivity index (χ1) is 16.1. The number of carbonyl (C=O) groups excluding carboxylic acids is 1. The molecule has 0 unspecified atom stereocenters. The van der Waals surface area contributed by atoms with Crippen LogP contribution in [0.25, 0.3) is 6.08 Å². The van der Waals surface area contributed by atoms with Crippen LogP contribution in [-0.4, -0.2) is 18.5 Å². The van der Waals surface area contributed by atoms with E-state index in [2.05, 4.69) is 29.7 Å². The van der Waals surface area contributed by atoms with Gasteiger partial charge in [0.05, 0.1) is 12.0 Å². The van der Waals surface area contributed by atoms with Gasteiger partial charge in [-0.25, -0.2) is 0 Å². The van der Waals surface area contributed by atoms with Gasteiger partial charge in [-0.2, -0.15) is 0 Å². The summed E-state index contributed by atoms with van der Waals surface area (Å²) in [4.78, 5) is 13.1. The smallest absolute Gasteiger partial charge is 0.260 e. The molecule has 170 valence electrons. The molecule has 0 saturated carbocycles. The highest BCUT2D eigenvalue weighted by molar-refractivity contribution is 8.05. The normalized spacial score (nSPS) is 16.5. The average Bonchev–Trinajstić information content (AvgIpc) is 3.17. The Balaban J connectivity index is 1.43. The highest BCUT2D eigenvalue weighted by Crippen LogP contribution is 2.34. The Morgan fingerprint density at radius 3 is 2.61 bits per heavy atom. The first-order valence-electron chi connectivity index (χ1n) is 10.6. The third-order valence-electron chi connectivity index (χ3n) is 5.22. The van der Waals surface area contributed by atoms with Gasteiger partial charge >= 0.3 is 0 Å². The van der Waals surface area contributed by atoms with Crippen molar-refractivity contribution in [3.05, 3.63) is 93.3 Å². The summed E-state index contributed by atoms with van der Waals surface area (Å²) in [5.74, 6) is 1.09. The first kappa shape index (κ1) is 23.1. The number of carbonyl (C=O) groups is 1. The number of benzene rings is 3. The zero-order chi connectivity index (χ0) is 23.2. The Labute approximate surface area is 203 Å². The highest BCUT2D eigenvalue weighted by Gasteiger charge is 2.27. The minimum absolute atomic E-state index is 0.110. The fourth-order valence-electron chi connectivity index (χ4n) is 3.37. The average molecular weight is 481 g/mol. The lowest BCUT2D eigenvalue weighted by molar-refractivity contribution is -0.116. The molecule has 1 fully saturated rings. The minimum Gasteiger partial charge on any atom is -0.493 e. The molecule has 0 bridgehead atoms. The van der Waals surface area contributed by atoms with Crippen LogP contribution in [0.3, 0.4) is 0 Å². The van der Waals surface area contributed by atoms with Crippen LogP contribution in [-0.2, 0) is 17.8 Å². The number of thioether (sulfide) groups is 1. The third kappa shape index (κ3) is 5.83. The minimum atomic E-state index is -0.226. The molecule has 0 radical (unpaired) electrons. The molecule has 0 aliphatic carbocycles. The SMILES string of the molecule is CCc1ccc(N[C@@H]2NC(=O)/C(=C/c3ccc(OCc4ccccc4Cl)c(OC)c3)S2)cc1. The predicted octanol–water partition coefficient (Wildman–Crippen LogP) is 6.09. The number of hydrogen-bond acceptors (Lipinski definition) is 5. The van der Waals surface area contributed by atoms with Crippen LogP contribution in [0, 0.1) is 0 Å². The standard InChI is InChI=1S/C26H25ClN2O3S/c1-3-17-8-11-20(12-9-17)28-26-29-25(30)24(33-26)15-18-10-13-22(23(14-18)31-2)32-16-19-6-4-5-7-21(19)27/h4-15,26,28H,3,16H2,1-2H3,(H,29,30)/b24-15-/t26-/m1/s1. The lowest BCUT2D eigenvalue weighted by Gasteiger charge is -2.13. The summed E-state index contributed by atoms with van der Waals surface area (Å²) in [6.45, 7) is 2.46. The van der Waals surface area contributed by atoms with Crippen molar-refractivity contribution >= 4 is 41.0 Å². The van der Waals surface area contributed by atoms with Crippen LogP contribution in [0.4, 0.5) is 5.69 Å². The van der Waals surface area contributed by atoms with Crippen LogP contribution in [0.2, 0.25) is 5.02 Å². The maximum Gasteiger partial charge on any atom is 0.260 e. The maximum atomic E-state index is 12.5. The number of halogens is 1. The van der Waals surface area contributed by atoms with E-state index in [-0.39, 0.29) is 11.4 Å². The van der Waals surface area contributed by atoms with Crippen molar-refractivity contribution < 1.29 is 14.3 Å². The number of methoxy groups -OCH3 is 1. The summed E-state index contributed by atoms with van der Waals surface area (Å²) >= 11 is 7.66. The molecule has 33 heavy (non-hydrogen) atoms. The van der Waals surface area contributed by atoms with Gasteiger partial charge in [0.2, 0.25) is 0 Å². The van der Waals surface area contributed by atoms with Crippen LogP contribution in [0.1, 0.15) is 23.6 Å². The summed E-state index contributed by atoms with van der Waals surface area (Å²) < 4.78 is 11.4. The number of anilines is 1. The van der Waals surface area contributed by atoms with E-state index in [1.807, 2.05) is 60.7 Å². The summed E-state index contributed by atoms with van der Waals surface area (Å²) in [5.41, 5.74) is 3.76. The second-order valence-corrected chi connectivity index (χ2v) is 9.02. The van der Waals surface area contributed by atoms with E-state index in [0.717, 1.165) is 23.2 Å². The Bertz CT molecular complexity index is 1160. The first-order valence-corrected chi connectivity index (χ1v) is 11.9. The number of hydrogen-bond donors (Lipinski definition) is 2. The largest absolute Gasteiger partial charge is 0.493 e. The van der Waals surface area contributed by atoms with Crippen molar-refractivity contribution in [2.75, 3.05) is 12.4 Å². The van der Waals surface area contributed by atoms with Gasteiger partial charge in [0.15, 0.2) is 17.0 Å². The Hall–Kier alpha value is -3.09. The zero-order valence-electron chi connectivity index (χ0n) is 18.4. The second-order valence-electron chi connectivity index (χ2n) is 7.47. The number of ether oxygens (including phenoxy) is 2. The number of amides is 1. The molecular formula is C26H25ClN2O3S. The third-order valence-corrected chi connectivity index (χ3v) is 6.61. The molecule has 1 heterocycles. The van der Waals surface area contributed by atoms with E-state index in [4.69, 9.17) is 21.1 Å². The summed E-state index contributed by atoms with van der Waals surface area (Å²) in [7, 11) is 1.59. The zero-order valence-corrected chi connectivity index (χ0v) is 20.0. The van der Waals surface area contributed by atoms with Crippen molar-refractivity contribution in [3.63, 3.8) is 0 Å². The van der Waals surface area contributed by atoms with Gasteiger partial charge < -0.3 is 20.1 Å². The molecule has 5 nitrogen and oxygen atoms in total. The molecule has 0 spiro atoms. The molecule has 2 N–H and O–H groups in total. The van der Waals surface area contributed by atoms with Gasteiger partial charge in [-0.15, -0.1) is 0 Å². The molecule has 1 aliphatic rings. The van der Waals surface area contributed by atoms with E-state index < -0.39 is 0 Å². The van der Waals surface area contributed by atoms with Crippen molar-refractivity contribution in [1.29, 1.82) is 0 Å². The Morgan fingerprint density at radius 2 is 1.88 bits per heavy atom. The number of aryl methyl sites for hydroxylation is 1. The predicted molar refractivity (Wildman–Crippen MR) is 136 cm³/mol. The van der Waals surface area contributed by atoms with Gasteiger partial charge in [-0.1, -0.05) is 66.7 Å². The molecule has 1 amide bonds. The van der Waals surface area contributed by atoms with Gasteiger partial charge in [0, 0.05) is 16.3 Å². The molecule has 1 saturated heterocycles.